The van der Waals surface area contributed by atoms with Gasteiger partial charge < -0.3 is 14.7 Å². The molecule has 0 unspecified atom stereocenters. The van der Waals surface area contributed by atoms with E-state index in [1.54, 1.807) is 7.05 Å². The van der Waals surface area contributed by atoms with Crippen molar-refractivity contribution >= 4 is 17.6 Å². The zero-order valence-corrected chi connectivity index (χ0v) is 19.0. The van der Waals surface area contributed by atoms with Crippen molar-refractivity contribution in [2.45, 2.75) is 26.3 Å². The van der Waals surface area contributed by atoms with E-state index in [2.05, 4.69) is 0 Å². The molecule has 2 heterocycles. The third kappa shape index (κ3) is 4.20. The van der Waals surface area contributed by atoms with Crippen LogP contribution in [0.2, 0.25) is 0 Å². The van der Waals surface area contributed by atoms with Crippen LogP contribution in [0.1, 0.15) is 34.0 Å². The van der Waals surface area contributed by atoms with E-state index in [1.165, 1.54) is 48.2 Å². The maximum Gasteiger partial charge on any atom is 0.342 e. The average molecular weight is 485 g/mol. The second kappa shape index (κ2) is 8.49. The van der Waals surface area contributed by atoms with Gasteiger partial charge in [0.25, 0.3) is 17.4 Å². The first-order chi connectivity index (χ1) is 16.4. The zero-order valence-electron chi connectivity index (χ0n) is 19.0. The number of aromatic nitrogens is 2. The summed E-state index contributed by atoms with van der Waals surface area (Å²) in [6, 6.07) is 8.59. The molecule has 3 aromatic rings. The number of nitrogens with zero attached hydrogens (tertiary/aromatic N) is 3. The predicted molar refractivity (Wildman–Crippen MR) is 122 cm³/mol. The molecule has 0 bridgehead atoms. The smallest absolute Gasteiger partial charge is 0.342 e. The number of aromatic carboxylic acids is 1. The minimum atomic E-state index is -3.15. The van der Waals surface area contributed by atoms with Crippen LogP contribution in [-0.4, -0.2) is 39.8 Å². The topological polar surface area (TPSA) is 111 Å². The number of carboxylic acids is 1. The third-order valence-corrected chi connectivity index (χ3v) is 5.96. The zero-order chi connectivity index (χ0) is 25.7. The maximum absolute atomic E-state index is 14.0. The van der Waals surface area contributed by atoms with Gasteiger partial charge in [0.15, 0.2) is 6.61 Å². The summed E-state index contributed by atoms with van der Waals surface area (Å²) in [6.07, 6.45) is 0.909. The van der Waals surface area contributed by atoms with Crippen molar-refractivity contribution in [3.63, 3.8) is 0 Å². The Labute approximate surface area is 197 Å². The minimum absolute atomic E-state index is 0.188. The van der Waals surface area contributed by atoms with Crippen molar-refractivity contribution in [2.75, 3.05) is 18.6 Å². The molecular weight excluding hydrogens is 464 g/mol. The van der Waals surface area contributed by atoms with Gasteiger partial charge in [-0.1, -0.05) is 18.2 Å². The van der Waals surface area contributed by atoms with Crippen LogP contribution in [0.4, 0.5) is 14.5 Å². The Morgan fingerprint density at radius 2 is 1.89 bits per heavy atom. The van der Waals surface area contributed by atoms with Gasteiger partial charge in [0, 0.05) is 31.8 Å². The number of halogens is 2. The van der Waals surface area contributed by atoms with Gasteiger partial charge in [-0.05, 0) is 30.2 Å². The van der Waals surface area contributed by atoms with E-state index in [0.29, 0.717) is 16.0 Å². The molecule has 2 aromatic carbocycles. The first kappa shape index (κ1) is 23.9. The molecule has 0 fully saturated rings. The Morgan fingerprint density at radius 1 is 1.17 bits per heavy atom. The Morgan fingerprint density at radius 3 is 2.54 bits per heavy atom. The highest BCUT2D eigenvalue weighted by atomic mass is 19.3. The van der Waals surface area contributed by atoms with E-state index >= 15 is 0 Å². The van der Waals surface area contributed by atoms with E-state index in [1.807, 2.05) is 0 Å². The summed E-state index contributed by atoms with van der Waals surface area (Å²) in [4.78, 5) is 51.2. The van der Waals surface area contributed by atoms with E-state index in [4.69, 9.17) is 4.74 Å². The molecule has 35 heavy (non-hydrogen) atoms. The van der Waals surface area contributed by atoms with Crippen LogP contribution in [0.25, 0.3) is 5.69 Å². The molecule has 1 aliphatic heterocycles. The first-order valence-electron chi connectivity index (χ1n) is 10.5. The molecule has 0 saturated heterocycles. The number of amides is 1. The molecule has 1 N–H and O–H groups in total. The Hall–Kier alpha value is -4.28. The molecule has 1 aliphatic rings. The van der Waals surface area contributed by atoms with Crippen molar-refractivity contribution in [1.82, 2.24) is 9.13 Å². The fraction of sp³-hybridized carbons (Fsp3) is 0.250. The van der Waals surface area contributed by atoms with Gasteiger partial charge in [-0.15, -0.1) is 0 Å². The van der Waals surface area contributed by atoms with Crippen LogP contribution in [0.3, 0.4) is 0 Å². The number of rotatable bonds is 5. The van der Waals surface area contributed by atoms with Crippen molar-refractivity contribution < 1.29 is 28.2 Å². The second-order valence-corrected chi connectivity index (χ2v) is 8.26. The fourth-order valence-electron chi connectivity index (χ4n) is 3.99. The molecule has 11 heteroatoms. The summed E-state index contributed by atoms with van der Waals surface area (Å²) in [7, 11) is 1.56. The number of benzene rings is 2. The van der Waals surface area contributed by atoms with Crippen LogP contribution in [-0.2, 0) is 17.3 Å². The summed E-state index contributed by atoms with van der Waals surface area (Å²) in [5, 5.41) is 9.58. The van der Waals surface area contributed by atoms with Crippen molar-refractivity contribution in [2.24, 2.45) is 0 Å². The maximum atomic E-state index is 14.0. The number of hydrogen-bond acceptors (Lipinski definition) is 5. The lowest BCUT2D eigenvalue weighted by Gasteiger charge is -2.26. The van der Waals surface area contributed by atoms with E-state index < -0.39 is 35.2 Å². The molecule has 4 rings (SSSR count). The summed E-state index contributed by atoms with van der Waals surface area (Å²) >= 11 is 0. The average Bonchev–Trinajstić information content (AvgIpc) is 2.79. The molecule has 0 aliphatic carbocycles. The second-order valence-electron chi connectivity index (χ2n) is 8.26. The number of ether oxygens (including phenoxy) is 1. The number of carboxylic acid groups (broad SMARTS) is 1. The standard InChI is InChI=1S/C24H21F2N3O6/c1-13-14(5-4-6-17(13)24(2,25)26)10-29-21(31)16(22(32)33)11-28(23(29)34)15-7-8-18-19(9-15)35-12-20(30)27(18)3/h4-9,11H,10,12H2,1-3H3,(H,32,33). The minimum Gasteiger partial charge on any atom is -0.481 e. The lowest BCUT2D eigenvalue weighted by molar-refractivity contribution is -0.121. The fourth-order valence-corrected chi connectivity index (χ4v) is 3.99. The van der Waals surface area contributed by atoms with Crippen molar-refractivity contribution in [3.8, 4) is 11.4 Å². The van der Waals surface area contributed by atoms with Crippen LogP contribution >= 0.6 is 0 Å². The number of carbonyl (C=O) groups excluding carboxylic acids is 1. The Balaban J connectivity index is 1.89. The summed E-state index contributed by atoms with van der Waals surface area (Å²) in [5.74, 6) is -4.67. The van der Waals surface area contributed by atoms with E-state index in [-0.39, 0.29) is 34.9 Å². The molecule has 0 saturated carbocycles. The highest BCUT2D eigenvalue weighted by molar-refractivity contribution is 5.97. The summed E-state index contributed by atoms with van der Waals surface area (Å²) in [6.45, 7) is 1.57. The van der Waals surface area contributed by atoms with Gasteiger partial charge in [-0.3, -0.25) is 18.7 Å². The van der Waals surface area contributed by atoms with Crippen LogP contribution in [0.15, 0.2) is 52.2 Å². The molecule has 0 atom stereocenters. The van der Waals surface area contributed by atoms with E-state index in [9.17, 15) is 33.1 Å². The monoisotopic (exact) mass is 485 g/mol. The highest BCUT2D eigenvalue weighted by Gasteiger charge is 2.28. The third-order valence-electron chi connectivity index (χ3n) is 5.96. The number of hydrogen-bond donors (Lipinski definition) is 1. The van der Waals surface area contributed by atoms with Crippen LogP contribution in [0, 0.1) is 6.92 Å². The molecule has 1 amide bonds. The predicted octanol–water partition coefficient (Wildman–Crippen LogP) is 2.52. The van der Waals surface area contributed by atoms with Gasteiger partial charge in [0.1, 0.15) is 11.3 Å². The van der Waals surface area contributed by atoms with E-state index in [0.717, 1.165) is 17.7 Å². The van der Waals surface area contributed by atoms with Crippen LogP contribution < -0.4 is 20.9 Å². The first-order valence-corrected chi connectivity index (χ1v) is 10.5. The summed E-state index contributed by atoms with van der Waals surface area (Å²) in [5.41, 5.74) is -1.76. The highest BCUT2D eigenvalue weighted by Crippen LogP contribution is 2.33. The number of carbonyl (C=O) groups is 2. The van der Waals surface area contributed by atoms with Gasteiger partial charge in [0.2, 0.25) is 0 Å². The molecule has 9 nitrogen and oxygen atoms in total. The van der Waals surface area contributed by atoms with Crippen molar-refractivity contribution in [3.05, 3.63) is 85.7 Å². The Kier molecular flexibility index (Phi) is 5.79. The van der Waals surface area contributed by atoms with Gasteiger partial charge in [-0.25, -0.2) is 18.4 Å². The summed E-state index contributed by atoms with van der Waals surface area (Å²) < 4.78 is 35.1. The van der Waals surface area contributed by atoms with Gasteiger partial charge in [0.05, 0.1) is 17.9 Å². The number of fused-ring (bicyclic) bond motifs is 1. The number of alkyl halides is 2. The Bertz CT molecular complexity index is 1490. The lowest BCUT2D eigenvalue weighted by atomic mass is 9.98. The molecular formula is C24H21F2N3O6. The molecule has 0 radical (unpaired) electrons. The normalized spacial score (nSPS) is 13.4. The molecule has 0 spiro atoms. The van der Waals surface area contributed by atoms with Gasteiger partial charge >= 0.3 is 11.7 Å². The van der Waals surface area contributed by atoms with Crippen LogP contribution in [0.5, 0.6) is 5.75 Å². The number of likely N-dealkylation sites (N-methyl/N-ethyl adjacent to an activating group) is 1. The van der Waals surface area contributed by atoms with Crippen molar-refractivity contribution in [1.29, 1.82) is 0 Å². The SMILES string of the molecule is Cc1c(Cn2c(=O)c(C(=O)O)cn(-c3ccc4c(c3)OCC(=O)N4C)c2=O)cccc1C(C)(F)F. The lowest BCUT2D eigenvalue weighted by Crippen LogP contribution is -2.42. The molecule has 1 aromatic heterocycles. The molecule has 182 valence electrons. The number of anilines is 1. The quantitative estimate of drug-likeness (QED) is 0.595. The largest absolute Gasteiger partial charge is 0.481 e. The van der Waals surface area contributed by atoms with Gasteiger partial charge in [-0.2, -0.15) is 0 Å².